The predicted octanol–water partition coefficient (Wildman–Crippen LogP) is 3.78. The molecule has 112 valence electrons. The van der Waals surface area contributed by atoms with Gasteiger partial charge in [0.25, 0.3) is 0 Å². The lowest BCUT2D eigenvalue weighted by Gasteiger charge is -2.25. The van der Waals surface area contributed by atoms with Crippen LogP contribution in [0.15, 0.2) is 18.2 Å². The molecule has 1 saturated heterocycles. The Balaban J connectivity index is 2.07. The van der Waals surface area contributed by atoms with Gasteiger partial charge in [-0.25, -0.2) is 0 Å². The predicted molar refractivity (Wildman–Crippen MR) is 82.9 cm³/mol. The normalized spacial score (nSPS) is 20.4. The van der Waals surface area contributed by atoms with Crippen LogP contribution in [0, 0.1) is 5.92 Å². The minimum atomic E-state index is -0.0108. The first-order valence-electron chi connectivity index (χ1n) is 7.01. The van der Waals surface area contributed by atoms with Crippen molar-refractivity contribution in [3.05, 3.63) is 28.2 Å². The van der Waals surface area contributed by atoms with Gasteiger partial charge in [0, 0.05) is 12.5 Å². The van der Waals surface area contributed by atoms with E-state index in [0.717, 1.165) is 19.5 Å². The zero-order valence-corrected chi connectivity index (χ0v) is 13.4. The van der Waals surface area contributed by atoms with Crippen LogP contribution in [0.4, 0.5) is 0 Å². The molecule has 1 heterocycles. The van der Waals surface area contributed by atoms with Gasteiger partial charge in [0.05, 0.1) is 17.7 Å². The van der Waals surface area contributed by atoms with Crippen LogP contribution in [-0.2, 0) is 4.74 Å². The molecular weight excluding hydrogens is 297 g/mol. The molecule has 5 heteroatoms. The molecular formula is C15H21Cl2NO2. The Morgan fingerprint density at radius 2 is 2.15 bits per heavy atom. The Kier molecular flexibility index (Phi) is 5.97. The minimum absolute atomic E-state index is 0.0108. The minimum Gasteiger partial charge on any atom is -0.486 e. The van der Waals surface area contributed by atoms with Gasteiger partial charge in [0.15, 0.2) is 0 Å². The molecule has 1 unspecified atom stereocenters. The van der Waals surface area contributed by atoms with Gasteiger partial charge in [-0.05, 0) is 38.9 Å². The van der Waals surface area contributed by atoms with E-state index >= 15 is 0 Å². The number of halogens is 2. The second kappa shape index (κ2) is 7.51. The van der Waals surface area contributed by atoms with Crippen LogP contribution in [0.1, 0.15) is 20.3 Å². The molecule has 1 aliphatic rings. The summed E-state index contributed by atoms with van der Waals surface area (Å²) in [6.45, 7) is 6.58. The highest BCUT2D eigenvalue weighted by Gasteiger charge is 2.27. The first-order valence-corrected chi connectivity index (χ1v) is 7.76. The van der Waals surface area contributed by atoms with E-state index in [0.29, 0.717) is 28.3 Å². The molecule has 0 radical (unpaired) electrons. The average molecular weight is 318 g/mol. The van der Waals surface area contributed by atoms with Crippen molar-refractivity contribution in [1.82, 2.24) is 5.32 Å². The van der Waals surface area contributed by atoms with E-state index in [1.165, 1.54) is 0 Å². The third kappa shape index (κ3) is 4.26. The van der Waals surface area contributed by atoms with Crippen LogP contribution in [0.2, 0.25) is 10.0 Å². The zero-order chi connectivity index (χ0) is 14.5. The Labute approximate surface area is 130 Å². The average Bonchev–Trinajstić information content (AvgIpc) is 2.93. The molecule has 0 aliphatic carbocycles. The quantitative estimate of drug-likeness (QED) is 0.866. The molecule has 2 rings (SSSR count). The molecule has 1 aromatic carbocycles. The van der Waals surface area contributed by atoms with E-state index in [-0.39, 0.29) is 12.2 Å². The van der Waals surface area contributed by atoms with E-state index in [9.17, 15) is 0 Å². The molecule has 0 amide bonds. The van der Waals surface area contributed by atoms with Crippen LogP contribution < -0.4 is 10.1 Å². The van der Waals surface area contributed by atoms with Gasteiger partial charge in [0.1, 0.15) is 16.9 Å². The van der Waals surface area contributed by atoms with E-state index in [2.05, 4.69) is 5.32 Å². The summed E-state index contributed by atoms with van der Waals surface area (Å²) in [5, 5.41) is 4.34. The van der Waals surface area contributed by atoms with Crippen LogP contribution in [0.3, 0.4) is 0 Å². The van der Waals surface area contributed by atoms with E-state index in [1.54, 1.807) is 6.07 Å². The van der Waals surface area contributed by atoms with Gasteiger partial charge in [-0.2, -0.15) is 0 Å². The van der Waals surface area contributed by atoms with Crippen LogP contribution in [0.25, 0.3) is 0 Å². The monoisotopic (exact) mass is 317 g/mol. The lowest BCUT2D eigenvalue weighted by molar-refractivity contribution is -0.00362. The fraction of sp³-hybridized carbons (Fsp3) is 0.600. The van der Waals surface area contributed by atoms with Crippen molar-refractivity contribution in [3.8, 4) is 5.75 Å². The number of rotatable bonds is 6. The number of nitrogens with one attached hydrogen (secondary N) is 1. The topological polar surface area (TPSA) is 30.5 Å². The smallest absolute Gasteiger partial charge is 0.139 e. The number of hydrogen-bond donors (Lipinski definition) is 1. The molecule has 1 N–H and O–H groups in total. The van der Waals surface area contributed by atoms with Crippen LogP contribution >= 0.6 is 23.2 Å². The first-order chi connectivity index (χ1) is 9.58. The fourth-order valence-corrected chi connectivity index (χ4v) is 2.62. The maximum absolute atomic E-state index is 6.19. The second-order valence-electron chi connectivity index (χ2n) is 5.34. The Morgan fingerprint density at radius 3 is 2.80 bits per heavy atom. The van der Waals surface area contributed by atoms with Crippen molar-refractivity contribution in [3.63, 3.8) is 0 Å². The third-order valence-electron chi connectivity index (χ3n) is 3.41. The standard InChI is InChI=1S/C15H21Cl2NO2/c1-10(2)19-9-14(11-6-7-18-8-11)20-13-5-3-4-12(16)15(13)17/h3-5,10-11,14,18H,6-9H2,1-2H3/t11?,14-/m1/s1. The molecule has 0 bridgehead atoms. The highest BCUT2D eigenvalue weighted by molar-refractivity contribution is 6.42. The maximum Gasteiger partial charge on any atom is 0.139 e. The molecule has 0 saturated carbocycles. The Morgan fingerprint density at radius 1 is 1.35 bits per heavy atom. The zero-order valence-electron chi connectivity index (χ0n) is 11.9. The summed E-state index contributed by atoms with van der Waals surface area (Å²) >= 11 is 12.2. The van der Waals surface area contributed by atoms with Crippen molar-refractivity contribution in [2.24, 2.45) is 5.92 Å². The summed E-state index contributed by atoms with van der Waals surface area (Å²) in [6, 6.07) is 5.45. The summed E-state index contributed by atoms with van der Waals surface area (Å²) in [5.41, 5.74) is 0. The van der Waals surface area contributed by atoms with Crippen molar-refractivity contribution in [2.45, 2.75) is 32.5 Å². The third-order valence-corrected chi connectivity index (χ3v) is 4.21. The second-order valence-corrected chi connectivity index (χ2v) is 6.13. The maximum atomic E-state index is 6.19. The molecule has 2 atom stereocenters. The SMILES string of the molecule is CC(C)OC[C@@H](Oc1cccc(Cl)c1Cl)C1CCNC1. The van der Waals surface area contributed by atoms with Crippen molar-refractivity contribution in [2.75, 3.05) is 19.7 Å². The van der Waals surface area contributed by atoms with E-state index in [1.807, 2.05) is 26.0 Å². The van der Waals surface area contributed by atoms with Crippen molar-refractivity contribution < 1.29 is 9.47 Å². The molecule has 1 aromatic rings. The Bertz CT molecular complexity index is 434. The van der Waals surface area contributed by atoms with Gasteiger partial charge in [0.2, 0.25) is 0 Å². The van der Waals surface area contributed by atoms with Gasteiger partial charge in [-0.1, -0.05) is 29.3 Å². The number of hydrogen-bond acceptors (Lipinski definition) is 3. The summed E-state index contributed by atoms with van der Waals surface area (Å²) < 4.78 is 11.8. The first kappa shape index (κ1) is 15.9. The van der Waals surface area contributed by atoms with Gasteiger partial charge >= 0.3 is 0 Å². The van der Waals surface area contributed by atoms with E-state index in [4.69, 9.17) is 32.7 Å². The molecule has 0 aromatic heterocycles. The molecule has 1 aliphatic heterocycles. The lowest BCUT2D eigenvalue weighted by atomic mass is 10.0. The molecule has 3 nitrogen and oxygen atoms in total. The van der Waals surface area contributed by atoms with Crippen molar-refractivity contribution >= 4 is 23.2 Å². The van der Waals surface area contributed by atoms with Gasteiger partial charge in [-0.3, -0.25) is 0 Å². The lowest BCUT2D eigenvalue weighted by Crippen LogP contribution is -2.34. The van der Waals surface area contributed by atoms with E-state index < -0.39 is 0 Å². The van der Waals surface area contributed by atoms with Crippen molar-refractivity contribution in [1.29, 1.82) is 0 Å². The van der Waals surface area contributed by atoms with Crippen LogP contribution in [-0.4, -0.2) is 31.9 Å². The molecule has 20 heavy (non-hydrogen) atoms. The largest absolute Gasteiger partial charge is 0.486 e. The summed E-state index contributed by atoms with van der Waals surface area (Å²) in [4.78, 5) is 0. The van der Waals surface area contributed by atoms with Gasteiger partial charge in [-0.15, -0.1) is 0 Å². The molecule has 0 spiro atoms. The highest BCUT2D eigenvalue weighted by atomic mass is 35.5. The highest BCUT2D eigenvalue weighted by Crippen LogP contribution is 2.33. The summed E-state index contributed by atoms with van der Waals surface area (Å²) in [5.74, 6) is 1.06. The molecule has 1 fully saturated rings. The van der Waals surface area contributed by atoms with Crippen LogP contribution in [0.5, 0.6) is 5.75 Å². The summed E-state index contributed by atoms with van der Waals surface area (Å²) in [6.07, 6.45) is 1.26. The Hall–Kier alpha value is -0.480. The van der Waals surface area contributed by atoms with Gasteiger partial charge < -0.3 is 14.8 Å². The fourth-order valence-electron chi connectivity index (χ4n) is 2.29. The number of ether oxygens (including phenoxy) is 2. The summed E-state index contributed by atoms with van der Waals surface area (Å²) in [7, 11) is 0. The number of benzene rings is 1.